The number of nitrogens with one attached hydrogen (secondary N) is 2. The van der Waals surface area contributed by atoms with Gasteiger partial charge in [0.25, 0.3) is 15.9 Å². The summed E-state index contributed by atoms with van der Waals surface area (Å²) in [5, 5.41) is 2.86. The van der Waals surface area contributed by atoms with Crippen LogP contribution in [0, 0.1) is 6.92 Å². The molecule has 3 rings (SSSR count). The van der Waals surface area contributed by atoms with Crippen molar-refractivity contribution in [1.82, 2.24) is 4.98 Å². The number of carbonyl (C=O) groups excluding carboxylic acids is 1. The fraction of sp³-hybridized carbons (Fsp3) is 0.111. The number of sulfonamides is 1. The van der Waals surface area contributed by atoms with E-state index < -0.39 is 28.0 Å². The van der Waals surface area contributed by atoms with Crippen molar-refractivity contribution in [2.24, 2.45) is 0 Å². The third kappa shape index (κ3) is 6.09. The summed E-state index contributed by atoms with van der Waals surface area (Å²) >= 11 is 6.57. The van der Waals surface area contributed by atoms with E-state index in [2.05, 4.69) is 19.8 Å². The summed E-state index contributed by atoms with van der Waals surface area (Å²) < 4.78 is 67.6. The zero-order chi connectivity index (χ0) is 22.8. The molecule has 1 aromatic heterocycles. The molecule has 13 heteroatoms. The van der Waals surface area contributed by atoms with Gasteiger partial charge in [0.2, 0.25) is 0 Å². The predicted octanol–water partition coefficient (Wildman–Crippen LogP) is 5.06. The van der Waals surface area contributed by atoms with E-state index in [1.54, 1.807) is 0 Å². The summed E-state index contributed by atoms with van der Waals surface area (Å²) in [6.45, 7) is 1.52. The Morgan fingerprint density at radius 1 is 1.10 bits per heavy atom. The van der Waals surface area contributed by atoms with Crippen LogP contribution in [0.25, 0.3) is 0 Å². The highest BCUT2D eigenvalue weighted by atomic mass is 35.5. The molecule has 0 atom stereocenters. The van der Waals surface area contributed by atoms with Gasteiger partial charge in [-0.3, -0.25) is 9.52 Å². The highest BCUT2D eigenvalue weighted by Crippen LogP contribution is 2.28. The molecular weight excluding hydrogens is 479 g/mol. The van der Waals surface area contributed by atoms with Crippen LogP contribution in [0.2, 0.25) is 5.02 Å². The zero-order valence-corrected chi connectivity index (χ0v) is 17.9. The Bertz CT molecular complexity index is 1200. The van der Waals surface area contributed by atoms with Crippen molar-refractivity contribution >= 4 is 49.7 Å². The van der Waals surface area contributed by atoms with Gasteiger partial charge in [-0.1, -0.05) is 22.9 Å². The normalized spacial score (nSPS) is 11.8. The standard InChI is InChI=1S/C18H13ClF3N3O4S2/c1-10-15(16(26)24-12-4-6-13(7-5-12)29-18(20,21)22)30-17(23-10)25-31(27,28)14-8-2-11(19)3-9-14/h2-9H,1H3,(H,23,25)(H,24,26). The SMILES string of the molecule is Cc1nc(NS(=O)(=O)c2ccc(Cl)cc2)sc1C(=O)Nc1ccc(OC(F)(F)F)cc1. The Kier molecular flexibility index (Phi) is 6.43. The second-order valence-corrected chi connectivity index (χ2v) is 9.14. The van der Waals surface area contributed by atoms with Gasteiger partial charge in [-0.25, -0.2) is 13.4 Å². The van der Waals surface area contributed by atoms with Crippen LogP contribution in [0.3, 0.4) is 0 Å². The maximum Gasteiger partial charge on any atom is 0.573 e. The Hall–Kier alpha value is -2.83. The minimum absolute atomic E-state index is 0.0217. The molecule has 1 amide bonds. The predicted molar refractivity (Wildman–Crippen MR) is 110 cm³/mol. The van der Waals surface area contributed by atoms with Crippen LogP contribution in [0.4, 0.5) is 24.0 Å². The van der Waals surface area contributed by atoms with Gasteiger partial charge in [0.15, 0.2) is 5.13 Å². The highest BCUT2D eigenvalue weighted by Gasteiger charge is 2.31. The second kappa shape index (κ2) is 8.73. The molecule has 0 fully saturated rings. The number of halogens is 4. The number of thiazole rings is 1. The number of rotatable bonds is 6. The second-order valence-electron chi connectivity index (χ2n) is 6.02. The number of aromatic nitrogens is 1. The third-order valence-electron chi connectivity index (χ3n) is 3.69. The van der Waals surface area contributed by atoms with Crippen LogP contribution in [0.15, 0.2) is 53.4 Å². The first-order chi connectivity index (χ1) is 14.4. The van der Waals surface area contributed by atoms with E-state index in [4.69, 9.17) is 11.6 Å². The van der Waals surface area contributed by atoms with Crippen LogP contribution >= 0.6 is 22.9 Å². The Balaban J connectivity index is 1.71. The number of hydrogen-bond donors (Lipinski definition) is 2. The van der Waals surface area contributed by atoms with Gasteiger partial charge in [-0.05, 0) is 55.5 Å². The van der Waals surface area contributed by atoms with Crippen LogP contribution in [0.5, 0.6) is 5.75 Å². The lowest BCUT2D eigenvalue weighted by atomic mass is 10.3. The maximum atomic E-state index is 12.5. The molecule has 0 spiro atoms. The molecule has 0 radical (unpaired) electrons. The number of benzene rings is 2. The van der Waals surface area contributed by atoms with Gasteiger partial charge >= 0.3 is 6.36 Å². The van der Waals surface area contributed by atoms with E-state index in [1.807, 2.05) is 0 Å². The Morgan fingerprint density at radius 2 is 1.71 bits per heavy atom. The summed E-state index contributed by atoms with van der Waals surface area (Å²) in [5.41, 5.74) is 0.490. The van der Waals surface area contributed by atoms with Gasteiger partial charge < -0.3 is 10.1 Å². The molecular formula is C18H13ClF3N3O4S2. The summed E-state index contributed by atoms with van der Waals surface area (Å²) in [6, 6.07) is 10.1. The first-order valence-electron chi connectivity index (χ1n) is 8.36. The summed E-state index contributed by atoms with van der Waals surface area (Å²) in [6.07, 6.45) is -4.82. The van der Waals surface area contributed by atoms with Crippen molar-refractivity contribution in [3.63, 3.8) is 0 Å². The van der Waals surface area contributed by atoms with E-state index in [1.165, 1.54) is 43.3 Å². The largest absolute Gasteiger partial charge is 0.573 e. The fourth-order valence-electron chi connectivity index (χ4n) is 2.37. The highest BCUT2D eigenvalue weighted by molar-refractivity contribution is 7.93. The van der Waals surface area contributed by atoms with Gasteiger partial charge in [0.05, 0.1) is 10.6 Å². The molecule has 0 unspecified atom stereocenters. The molecule has 0 saturated heterocycles. The molecule has 0 bridgehead atoms. The first-order valence-corrected chi connectivity index (χ1v) is 11.0. The average molecular weight is 492 g/mol. The Morgan fingerprint density at radius 3 is 2.29 bits per heavy atom. The Labute approximate surface area is 183 Å². The number of ether oxygens (including phenoxy) is 1. The monoisotopic (exact) mass is 491 g/mol. The van der Waals surface area contributed by atoms with Crippen molar-refractivity contribution in [1.29, 1.82) is 0 Å². The molecule has 164 valence electrons. The number of amides is 1. The van der Waals surface area contributed by atoms with E-state index in [9.17, 15) is 26.4 Å². The van der Waals surface area contributed by atoms with Crippen molar-refractivity contribution in [2.75, 3.05) is 10.0 Å². The van der Waals surface area contributed by atoms with E-state index >= 15 is 0 Å². The van der Waals surface area contributed by atoms with Gasteiger partial charge in [0, 0.05) is 10.7 Å². The van der Waals surface area contributed by atoms with Gasteiger partial charge in [-0.15, -0.1) is 13.2 Å². The number of alkyl halides is 3. The minimum atomic E-state index is -4.82. The lowest BCUT2D eigenvalue weighted by molar-refractivity contribution is -0.274. The fourth-order valence-corrected chi connectivity index (χ4v) is 4.59. The smallest absolute Gasteiger partial charge is 0.406 e. The molecule has 0 aliphatic carbocycles. The topological polar surface area (TPSA) is 97.4 Å². The number of carbonyl (C=O) groups is 1. The van der Waals surface area contributed by atoms with Crippen LogP contribution in [-0.2, 0) is 10.0 Å². The lowest BCUT2D eigenvalue weighted by Crippen LogP contribution is -2.17. The van der Waals surface area contributed by atoms with E-state index in [0.29, 0.717) is 5.02 Å². The summed E-state index contributed by atoms with van der Waals surface area (Å²) in [5.74, 6) is -1.03. The van der Waals surface area contributed by atoms with Crippen LogP contribution in [-0.4, -0.2) is 25.7 Å². The number of anilines is 2. The summed E-state index contributed by atoms with van der Waals surface area (Å²) in [7, 11) is -3.94. The molecule has 31 heavy (non-hydrogen) atoms. The number of nitrogens with zero attached hydrogens (tertiary/aromatic N) is 1. The van der Waals surface area contributed by atoms with E-state index in [-0.39, 0.29) is 26.3 Å². The van der Waals surface area contributed by atoms with Crippen molar-refractivity contribution in [3.05, 3.63) is 64.1 Å². The number of hydrogen-bond acceptors (Lipinski definition) is 6. The molecule has 0 aliphatic rings. The molecule has 0 aliphatic heterocycles. The van der Waals surface area contributed by atoms with Crippen molar-refractivity contribution < 1.29 is 31.1 Å². The minimum Gasteiger partial charge on any atom is -0.406 e. The molecule has 2 N–H and O–H groups in total. The molecule has 0 saturated carbocycles. The summed E-state index contributed by atoms with van der Waals surface area (Å²) in [4.78, 5) is 16.6. The average Bonchev–Trinajstić information content (AvgIpc) is 3.02. The molecule has 7 nitrogen and oxygen atoms in total. The third-order valence-corrected chi connectivity index (χ3v) is 6.50. The number of aryl methyl sites for hydroxylation is 1. The molecule has 3 aromatic rings. The van der Waals surface area contributed by atoms with Gasteiger partial charge in [0.1, 0.15) is 10.6 Å². The van der Waals surface area contributed by atoms with Crippen molar-refractivity contribution in [3.8, 4) is 5.75 Å². The first kappa shape index (κ1) is 22.8. The van der Waals surface area contributed by atoms with E-state index in [0.717, 1.165) is 23.5 Å². The van der Waals surface area contributed by atoms with Crippen molar-refractivity contribution in [2.45, 2.75) is 18.2 Å². The van der Waals surface area contributed by atoms with Gasteiger partial charge in [-0.2, -0.15) is 0 Å². The maximum absolute atomic E-state index is 12.5. The zero-order valence-electron chi connectivity index (χ0n) is 15.5. The quantitative estimate of drug-likeness (QED) is 0.502. The molecule has 2 aromatic carbocycles. The molecule has 1 heterocycles. The van der Waals surface area contributed by atoms with Crippen LogP contribution < -0.4 is 14.8 Å². The lowest BCUT2D eigenvalue weighted by Gasteiger charge is -2.09. The van der Waals surface area contributed by atoms with Crippen LogP contribution in [0.1, 0.15) is 15.4 Å².